The number of rotatable bonds is 0. The minimum absolute atomic E-state index is 0.0501. The van der Waals surface area contributed by atoms with Gasteiger partial charge in [0.1, 0.15) is 0 Å². The molecule has 0 atom stereocenters. The summed E-state index contributed by atoms with van der Waals surface area (Å²) in [5.74, 6) is 0. The zero-order valence-corrected chi connectivity index (χ0v) is 10.6. The SMILES string of the molecule is O=c1ccnnc2ccc3cc4ccccc4cc3c12. The first-order valence-electron chi connectivity index (χ1n) is 6.40. The molecule has 0 fully saturated rings. The van der Waals surface area contributed by atoms with Crippen molar-refractivity contribution in [3.8, 4) is 0 Å². The van der Waals surface area contributed by atoms with Gasteiger partial charge in [-0.3, -0.25) is 4.79 Å². The van der Waals surface area contributed by atoms with Gasteiger partial charge in [-0.15, -0.1) is 0 Å². The summed E-state index contributed by atoms with van der Waals surface area (Å²) < 4.78 is 0. The van der Waals surface area contributed by atoms with E-state index >= 15 is 0 Å². The van der Waals surface area contributed by atoms with Crippen molar-refractivity contribution in [3.05, 3.63) is 71.0 Å². The number of hydrogen-bond donors (Lipinski definition) is 0. The molecule has 0 saturated carbocycles. The van der Waals surface area contributed by atoms with Gasteiger partial charge in [0.05, 0.1) is 17.1 Å². The highest BCUT2D eigenvalue weighted by Crippen LogP contribution is 2.26. The molecule has 0 aliphatic heterocycles. The van der Waals surface area contributed by atoms with Crippen LogP contribution in [-0.4, -0.2) is 10.2 Å². The van der Waals surface area contributed by atoms with E-state index in [1.54, 1.807) is 0 Å². The number of nitrogens with zero attached hydrogens (tertiary/aromatic N) is 2. The van der Waals surface area contributed by atoms with E-state index in [1.165, 1.54) is 12.3 Å². The molecule has 20 heavy (non-hydrogen) atoms. The van der Waals surface area contributed by atoms with Crippen molar-refractivity contribution in [3.63, 3.8) is 0 Å². The highest BCUT2D eigenvalue weighted by Gasteiger charge is 2.05. The van der Waals surface area contributed by atoms with Crippen LogP contribution < -0.4 is 5.43 Å². The van der Waals surface area contributed by atoms with Crippen LogP contribution in [0.2, 0.25) is 0 Å². The summed E-state index contributed by atoms with van der Waals surface area (Å²) in [6.45, 7) is 0. The molecule has 0 bridgehead atoms. The summed E-state index contributed by atoms with van der Waals surface area (Å²) in [7, 11) is 0. The Morgan fingerprint density at radius 1 is 0.800 bits per heavy atom. The molecule has 0 amide bonds. The van der Waals surface area contributed by atoms with Gasteiger partial charge in [0, 0.05) is 6.07 Å². The van der Waals surface area contributed by atoms with Crippen molar-refractivity contribution in [2.45, 2.75) is 0 Å². The molecule has 3 heteroatoms. The van der Waals surface area contributed by atoms with Crippen molar-refractivity contribution >= 4 is 32.4 Å². The molecule has 1 aromatic heterocycles. The fraction of sp³-hybridized carbons (Fsp3) is 0. The Labute approximate surface area is 114 Å². The van der Waals surface area contributed by atoms with E-state index < -0.39 is 0 Å². The first-order valence-corrected chi connectivity index (χ1v) is 6.40. The van der Waals surface area contributed by atoms with Crippen LogP contribution in [0.5, 0.6) is 0 Å². The summed E-state index contributed by atoms with van der Waals surface area (Å²) in [5.41, 5.74) is 0.577. The van der Waals surface area contributed by atoms with Crippen LogP contribution in [0.25, 0.3) is 32.4 Å². The van der Waals surface area contributed by atoms with Crippen LogP contribution in [-0.2, 0) is 0 Å². The predicted octanol–water partition coefficient (Wildman–Crippen LogP) is 3.30. The fourth-order valence-corrected chi connectivity index (χ4v) is 2.62. The van der Waals surface area contributed by atoms with E-state index in [0.29, 0.717) is 10.9 Å². The first kappa shape index (κ1) is 11.1. The van der Waals surface area contributed by atoms with Gasteiger partial charge in [0.15, 0.2) is 5.43 Å². The minimum Gasteiger partial charge on any atom is -0.289 e. The van der Waals surface area contributed by atoms with Gasteiger partial charge in [-0.25, -0.2) is 0 Å². The van der Waals surface area contributed by atoms with E-state index in [-0.39, 0.29) is 5.43 Å². The smallest absolute Gasteiger partial charge is 0.190 e. The molecule has 0 unspecified atom stereocenters. The van der Waals surface area contributed by atoms with Crippen LogP contribution in [0.1, 0.15) is 0 Å². The molecule has 0 N–H and O–H groups in total. The molecule has 3 nitrogen and oxygen atoms in total. The molecule has 0 aliphatic carbocycles. The predicted molar refractivity (Wildman–Crippen MR) is 80.8 cm³/mol. The van der Waals surface area contributed by atoms with E-state index in [2.05, 4.69) is 28.4 Å². The second kappa shape index (κ2) is 4.10. The van der Waals surface area contributed by atoms with Gasteiger partial charge in [0.2, 0.25) is 0 Å². The van der Waals surface area contributed by atoms with E-state index in [0.717, 1.165) is 21.5 Å². The molecule has 1 heterocycles. The van der Waals surface area contributed by atoms with Crippen LogP contribution in [0.15, 0.2) is 65.6 Å². The van der Waals surface area contributed by atoms with Crippen molar-refractivity contribution in [2.24, 2.45) is 0 Å². The summed E-state index contributed by atoms with van der Waals surface area (Å²) in [4.78, 5) is 12.2. The summed E-state index contributed by atoms with van der Waals surface area (Å²) in [6, 6.07) is 17.6. The van der Waals surface area contributed by atoms with Crippen LogP contribution in [0.3, 0.4) is 0 Å². The quantitative estimate of drug-likeness (QED) is 0.454. The summed E-state index contributed by atoms with van der Waals surface area (Å²) in [6.07, 6.45) is 1.44. The van der Waals surface area contributed by atoms with Gasteiger partial charge in [-0.05, 0) is 39.7 Å². The van der Waals surface area contributed by atoms with E-state index in [4.69, 9.17) is 0 Å². The number of fused-ring (bicyclic) bond motifs is 4. The third-order valence-corrected chi connectivity index (χ3v) is 3.57. The molecule has 0 radical (unpaired) electrons. The van der Waals surface area contributed by atoms with Gasteiger partial charge in [0.25, 0.3) is 0 Å². The number of aromatic nitrogens is 2. The Balaban J connectivity index is 2.33. The van der Waals surface area contributed by atoms with Gasteiger partial charge in [-0.2, -0.15) is 10.2 Å². The van der Waals surface area contributed by atoms with Crippen molar-refractivity contribution in [1.82, 2.24) is 10.2 Å². The maximum absolute atomic E-state index is 12.2. The molecule has 0 spiro atoms. The minimum atomic E-state index is -0.0501. The molecule has 94 valence electrons. The largest absolute Gasteiger partial charge is 0.289 e. The highest BCUT2D eigenvalue weighted by molar-refractivity contribution is 6.10. The third kappa shape index (κ3) is 1.57. The topological polar surface area (TPSA) is 42.9 Å². The Kier molecular flexibility index (Phi) is 2.27. The zero-order valence-electron chi connectivity index (χ0n) is 10.6. The molecule has 3 aromatic carbocycles. The maximum Gasteiger partial charge on any atom is 0.190 e. The van der Waals surface area contributed by atoms with Crippen molar-refractivity contribution < 1.29 is 0 Å². The lowest BCUT2D eigenvalue weighted by Gasteiger charge is -2.03. The molecule has 4 rings (SSSR count). The summed E-state index contributed by atoms with van der Waals surface area (Å²) in [5, 5.41) is 12.8. The van der Waals surface area contributed by atoms with Gasteiger partial charge in [-0.1, -0.05) is 30.3 Å². The van der Waals surface area contributed by atoms with Crippen molar-refractivity contribution in [2.75, 3.05) is 0 Å². The normalized spacial score (nSPS) is 11.2. The lowest BCUT2D eigenvalue weighted by molar-refractivity contribution is 1.09. The third-order valence-electron chi connectivity index (χ3n) is 3.57. The standard InChI is InChI=1S/C17H10N2O/c20-16-7-8-18-19-15-6-5-13-9-11-3-1-2-4-12(11)10-14(13)17(15)16/h1-10H. The first-order chi connectivity index (χ1) is 9.83. The lowest BCUT2D eigenvalue weighted by atomic mass is 10.0. The molecule has 0 aliphatic rings. The number of hydrogen-bond acceptors (Lipinski definition) is 3. The zero-order chi connectivity index (χ0) is 13.5. The van der Waals surface area contributed by atoms with Crippen LogP contribution >= 0.6 is 0 Å². The average Bonchev–Trinajstić information content (AvgIpc) is 2.67. The Morgan fingerprint density at radius 3 is 2.45 bits per heavy atom. The molecule has 4 aromatic rings. The average molecular weight is 258 g/mol. The second-order valence-electron chi connectivity index (χ2n) is 4.78. The van der Waals surface area contributed by atoms with Gasteiger partial charge < -0.3 is 0 Å². The fourth-order valence-electron chi connectivity index (χ4n) is 2.62. The molecular weight excluding hydrogens is 248 g/mol. The van der Waals surface area contributed by atoms with Gasteiger partial charge >= 0.3 is 0 Å². The Hall–Kier alpha value is -2.81. The summed E-state index contributed by atoms with van der Waals surface area (Å²) >= 11 is 0. The van der Waals surface area contributed by atoms with Crippen LogP contribution in [0.4, 0.5) is 0 Å². The van der Waals surface area contributed by atoms with Crippen molar-refractivity contribution in [1.29, 1.82) is 0 Å². The van der Waals surface area contributed by atoms with Crippen LogP contribution in [0, 0.1) is 0 Å². The van der Waals surface area contributed by atoms with E-state index in [1.807, 2.05) is 30.3 Å². The maximum atomic E-state index is 12.2. The molecule has 0 saturated heterocycles. The lowest BCUT2D eigenvalue weighted by Crippen LogP contribution is -1.96. The Bertz CT molecular complexity index is 1030. The van der Waals surface area contributed by atoms with E-state index in [9.17, 15) is 4.79 Å². The monoisotopic (exact) mass is 258 g/mol. The second-order valence-corrected chi connectivity index (χ2v) is 4.78. The Morgan fingerprint density at radius 2 is 1.60 bits per heavy atom. The highest BCUT2D eigenvalue weighted by atomic mass is 16.1. The number of benzene rings is 3. The molecular formula is C17H10N2O.